The van der Waals surface area contributed by atoms with Gasteiger partial charge in [-0.05, 0) is 18.8 Å². The molecule has 110 valence electrons. The molecule has 1 fully saturated rings. The van der Waals surface area contributed by atoms with Gasteiger partial charge in [0.25, 0.3) is 0 Å². The molecule has 0 bridgehead atoms. The number of carbonyl (C=O) groups excluding carboxylic acids is 1. The van der Waals surface area contributed by atoms with Crippen molar-refractivity contribution < 1.29 is 19.4 Å². The van der Waals surface area contributed by atoms with Gasteiger partial charge in [0.05, 0.1) is 12.3 Å². The van der Waals surface area contributed by atoms with Crippen molar-refractivity contribution in [2.75, 3.05) is 20.3 Å². The lowest BCUT2D eigenvalue weighted by Crippen LogP contribution is -2.30. The van der Waals surface area contributed by atoms with E-state index in [1.54, 1.807) is 0 Å². The molecule has 1 aliphatic carbocycles. The Morgan fingerprint density at radius 2 is 2.25 bits per heavy atom. The molecule has 1 saturated carbocycles. The van der Waals surface area contributed by atoms with E-state index in [-0.39, 0.29) is 18.1 Å². The van der Waals surface area contributed by atoms with E-state index >= 15 is 0 Å². The molecule has 20 heavy (non-hydrogen) atoms. The molecular weight excluding hydrogens is 264 g/mol. The molecule has 1 aromatic heterocycles. The van der Waals surface area contributed by atoms with Gasteiger partial charge in [-0.3, -0.25) is 4.79 Å². The molecule has 0 aliphatic heterocycles. The van der Waals surface area contributed by atoms with E-state index < -0.39 is 5.97 Å². The predicted molar refractivity (Wildman–Crippen MR) is 68.3 cm³/mol. The smallest absolute Gasteiger partial charge is 0.358 e. The molecule has 1 aromatic rings. The maximum Gasteiger partial charge on any atom is 0.358 e. The van der Waals surface area contributed by atoms with E-state index in [0.717, 1.165) is 12.8 Å². The highest BCUT2D eigenvalue weighted by Crippen LogP contribution is 2.27. The number of rotatable bonds is 8. The Balaban J connectivity index is 2.00. The van der Waals surface area contributed by atoms with Gasteiger partial charge >= 0.3 is 5.97 Å². The first kappa shape index (κ1) is 14.4. The van der Waals surface area contributed by atoms with Crippen molar-refractivity contribution in [2.24, 2.45) is 5.92 Å². The van der Waals surface area contributed by atoms with Crippen molar-refractivity contribution in [3.8, 4) is 0 Å². The Bertz CT molecular complexity index is 496. The molecule has 1 amide bonds. The van der Waals surface area contributed by atoms with Crippen LogP contribution in [0.2, 0.25) is 0 Å². The van der Waals surface area contributed by atoms with E-state index in [1.165, 1.54) is 11.8 Å². The van der Waals surface area contributed by atoms with Crippen LogP contribution in [-0.4, -0.2) is 52.2 Å². The quantitative estimate of drug-likeness (QED) is 0.677. The molecule has 0 aromatic carbocycles. The summed E-state index contributed by atoms with van der Waals surface area (Å²) in [6.07, 6.45) is 2.67. The van der Waals surface area contributed by atoms with Gasteiger partial charge in [-0.25, -0.2) is 9.48 Å². The zero-order chi connectivity index (χ0) is 14.5. The largest absolute Gasteiger partial charge is 0.476 e. The van der Waals surface area contributed by atoms with Gasteiger partial charge in [0.15, 0.2) is 5.69 Å². The lowest BCUT2D eigenvalue weighted by atomic mass is 10.2. The van der Waals surface area contributed by atoms with Gasteiger partial charge in [-0.2, -0.15) is 0 Å². The van der Waals surface area contributed by atoms with Crippen LogP contribution in [0.3, 0.4) is 0 Å². The summed E-state index contributed by atoms with van der Waals surface area (Å²) in [6, 6.07) is 0. The number of nitrogens with one attached hydrogen (secondary N) is 1. The van der Waals surface area contributed by atoms with E-state index in [2.05, 4.69) is 15.6 Å². The summed E-state index contributed by atoms with van der Waals surface area (Å²) in [5, 5.41) is 19.2. The molecule has 1 heterocycles. The van der Waals surface area contributed by atoms with Crippen LogP contribution in [0.4, 0.5) is 0 Å². The highest BCUT2D eigenvalue weighted by Gasteiger charge is 2.23. The van der Waals surface area contributed by atoms with Crippen LogP contribution < -0.4 is 5.32 Å². The third-order valence-corrected chi connectivity index (χ3v) is 3.16. The first-order valence-electron chi connectivity index (χ1n) is 6.53. The zero-order valence-corrected chi connectivity index (χ0v) is 11.3. The van der Waals surface area contributed by atoms with Crippen molar-refractivity contribution in [1.82, 2.24) is 20.3 Å². The Morgan fingerprint density at radius 1 is 1.50 bits per heavy atom. The second-order valence-electron chi connectivity index (χ2n) is 4.84. The fourth-order valence-electron chi connectivity index (χ4n) is 1.84. The predicted octanol–water partition coefficient (Wildman–Crippen LogP) is -0.309. The van der Waals surface area contributed by atoms with Crippen LogP contribution >= 0.6 is 0 Å². The second-order valence-corrected chi connectivity index (χ2v) is 4.84. The molecule has 0 atom stereocenters. The van der Waals surface area contributed by atoms with E-state index in [4.69, 9.17) is 9.84 Å². The standard InChI is InChI=1S/C12H18N4O4/c1-20-5-4-9-11(12(18)19)14-15-16(9)7-10(17)13-6-8-2-3-8/h8H,2-7H2,1H3,(H,13,17)(H,18,19). The maximum atomic E-state index is 11.8. The fraction of sp³-hybridized carbons (Fsp3) is 0.667. The molecule has 0 saturated heterocycles. The highest BCUT2D eigenvalue weighted by atomic mass is 16.5. The molecule has 8 nitrogen and oxygen atoms in total. The van der Waals surface area contributed by atoms with Crippen molar-refractivity contribution in [3.05, 3.63) is 11.4 Å². The Hall–Kier alpha value is -1.96. The monoisotopic (exact) mass is 282 g/mol. The number of aromatic carboxylic acids is 1. The Kier molecular flexibility index (Phi) is 4.67. The molecule has 0 unspecified atom stereocenters. The second kappa shape index (κ2) is 6.47. The molecule has 1 aliphatic rings. The molecule has 2 rings (SSSR count). The van der Waals surface area contributed by atoms with Crippen molar-refractivity contribution in [2.45, 2.75) is 25.8 Å². The van der Waals surface area contributed by atoms with E-state index in [0.29, 0.717) is 31.2 Å². The Labute approximate surface area is 116 Å². The number of carboxylic acids is 1. The Morgan fingerprint density at radius 3 is 2.85 bits per heavy atom. The number of nitrogens with zero attached hydrogens (tertiary/aromatic N) is 3. The average molecular weight is 282 g/mol. The van der Waals surface area contributed by atoms with Crippen molar-refractivity contribution in [3.63, 3.8) is 0 Å². The summed E-state index contributed by atoms with van der Waals surface area (Å²) < 4.78 is 6.26. The molecule has 0 spiro atoms. The SMILES string of the molecule is COCCc1c(C(=O)O)nnn1CC(=O)NCC1CC1. The number of hydrogen-bond donors (Lipinski definition) is 2. The van der Waals surface area contributed by atoms with Gasteiger partial charge in [-0.15, -0.1) is 5.10 Å². The summed E-state index contributed by atoms with van der Waals surface area (Å²) >= 11 is 0. The lowest BCUT2D eigenvalue weighted by Gasteiger charge is -2.07. The van der Waals surface area contributed by atoms with Gasteiger partial charge in [0.1, 0.15) is 6.54 Å². The first-order chi connectivity index (χ1) is 9.61. The first-order valence-corrected chi connectivity index (χ1v) is 6.53. The number of amides is 1. The number of carbonyl (C=O) groups is 2. The normalized spacial score (nSPS) is 14.2. The van der Waals surface area contributed by atoms with Gasteiger partial charge < -0.3 is 15.2 Å². The van der Waals surface area contributed by atoms with Gasteiger partial charge in [0, 0.05) is 20.1 Å². The maximum absolute atomic E-state index is 11.8. The lowest BCUT2D eigenvalue weighted by molar-refractivity contribution is -0.122. The van der Waals surface area contributed by atoms with Crippen LogP contribution in [-0.2, 0) is 22.5 Å². The molecule has 2 N–H and O–H groups in total. The average Bonchev–Trinajstić information content (AvgIpc) is 3.15. The number of ether oxygens (including phenoxy) is 1. The minimum Gasteiger partial charge on any atom is -0.476 e. The summed E-state index contributed by atoms with van der Waals surface area (Å²) in [6.45, 7) is 0.996. The van der Waals surface area contributed by atoms with Crippen LogP contribution in [0.25, 0.3) is 0 Å². The zero-order valence-electron chi connectivity index (χ0n) is 11.3. The van der Waals surface area contributed by atoms with Crippen LogP contribution in [0.15, 0.2) is 0 Å². The fourth-order valence-corrected chi connectivity index (χ4v) is 1.84. The summed E-state index contributed by atoms with van der Waals surface area (Å²) in [7, 11) is 1.52. The van der Waals surface area contributed by atoms with Crippen LogP contribution in [0.1, 0.15) is 29.0 Å². The van der Waals surface area contributed by atoms with E-state index in [9.17, 15) is 9.59 Å². The highest BCUT2D eigenvalue weighted by molar-refractivity contribution is 5.86. The minimum atomic E-state index is -1.15. The molecule has 0 radical (unpaired) electrons. The van der Waals surface area contributed by atoms with Crippen molar-refractivity contribution in [1.29, 1.82) is 0 Å². The topological polar surface area (TPSA) is 106 Å². The third kappa shape index (κ3) is 3.77. The summed E-state index contributed by atoms with van der Waals surface area (Å²) in [4.78, 5) is 22.8. The van der Waals surface area contributed by atoms with Gasteiger partial charge in [-0.1, -0.05) is 5.21 Å². The molecule has 8 heteroatoms. The van der Waals surface area contributed by atoms with Gasteiger partial charge in [0.2, 0.25) is 5.91 Å². The third-order valence-electron chi connectivity index (χ3n) is 3.16. The summed E-state index contributed by atoms with van der Waals surface area (Å²) in [5.74, 6) is -0.740. The number of aromatic nitrogens is 3. The molecular formula is C12H18N4O4. The van der Waals surface area contributed by atoms with Crippen LogP contribution in [0.5, 0.6) is 0 Å². The van der Waals surface area contributed by atoms with Crippen LogP contribution in [0, 0.1) is 5.92 Å². The van der Waals surface area contributed by atoms with E-state index in [1.807, 2.05) is 0 Å². The van der Waals surface area contributed by atoms with Crippen molar-refractivity contribution >= 4 is 11.9 Å². The minimum absolute atomic E-state index is 0.0218. The number of carboxylic acid groups (broad SMARTS) is 1. The number of methoxy groups -OCH3 is 1. The summed E-state index contributed by atoms with van der Waals surface area (Å²) in [5.41, 5.74) is 0.276. The number of hydrogen-bond acceptors (Lipinski definition) is 5.